The highest BCUT2D eigenvalue weighted by atomic mass is 16.6. The molecule has 0 aliphatic carbocycles. The van der Waals surface area contributed by atoms with E-state index in [4.69, 9.17) is 9.26 Å². The molecule has 2 aliphatic heterocycles. The van der Waals surface area contributed by atoms with E-state index < -0.39 is 5.60 Å². The van der Waals surface area contributed by atoms with Gasteiger partial charge in [0.1, 0.15) is 5.60 Å². The summed E-state index contributed by atoms with van der Waals surface area (Å²) in [4.78, 5) is 21.9. The number of carbonyl (C=O) groups excluding carboxylic acids is 1. The number of carbonyl (C=O) groups is 1. The van der Waals surface area contributed by atoms with Crippen molar-refractivity contribution >= 4 is 6.09 Å². The number of piperidine rings is 1. The van der Waals surface area contributed by atoms with E-state index in [0.29, 0.717) is 24.3 Å². The first-order chi connectivity index (χ1) is 14.8. The van der Waals surface area contributed by atoms with E-state index >= 15 is 0 Å². The summed E-state index contributed by atoms with van der Waals surface area (Å²) in [5.74, 6) is 1.27. The number of aromatic nitrogens is 2. The Morgan fingerprint density at radius 2 is 1.90 bits per heavy atom. The van der Waals surface area contributed by atoms with Gasteiger partial charge in [-0.2, -0.15) is 4.98 Å². The molecule has 2 unspecified atom stereocenters. The number of likely N-dealkylation sites (tertiary alicyclic amines) is 2. The summed E-state index contributed by atoms with van der Waals surface area (Å²) in [6.45, 7) is 10.2. The Hall–Kier alpha value is -2.41. The van der Waals surface area contributed by atoms with E-state index in [1.54, 1.807) is 0 Å². The van der Waals surface area contributed by atoms with Crippen molar-refractivity contribution in [3.8, 4) is 11.5 Å². The van der Waals surface area contributed by atoms with Gasteiger partial charge in [0.25, 0.3) is 5.89 Å². The molecule has 2 aromatic rings. The maximum absolute atomic E-state index is 12.8. The van der Waals surface area contributed by atoms with Gasteiger partial charge in [-0.05, 0) is 71.6 Å². The van der Waals surface area contributed by atoms with Gasteiger partial charge in [0.15, 0.2) is 5.82 Å². The molecule has 0 N–H and O–H groups in total. The van der Waals surface area contributed by atoms with Gasteiger partial charge in [0.05, 0.1) is 12.6 Å². The van der Waals surface area contributed by atoms with E-state index in [2.05, 4.69) is 15.0 Å². The summed E-state index contributed by atoms with van der Waals surface area (Å²) >= 11 is 0. The Balaban J connectivity index is 1.48. The monoisotopic (exact) mass is 426 g/mol. The normalized spacial score (nSPS) is 22.6. The van der Waals surface area contributed by atoms with Crippen molar-refractivity contribution in [2.24, 2.45) is 0 Å². The molecule has 2 fully saturated rings. The average Bonchev–Trinajstić information content (AvgIpc) is 3.37. The first kappa shape index (κ1) is 21.8. The fraction of sp³-hybridized carbons (Fsp3) is 0.625. The molecule has 1 amide bonds. The zero-order chi connectivity index (χ0) is 22.0. The molecule has 31 heavy (non-hydrogen) atoms. The Kier molecular flexibility index (Phi) is 6.32. The van der Waals surface area contributed by atoms with Gasteiger partial charge in [0, 0.05) is 18.2 Å². The summed E-state index contributed by atoms with van der Waals surface area (Å²) in [6.07, 6.45) is 5.25. The fourth-order valence-electron chi connectivity index (χ4n) is 4.81. The van der Waals surface area contributed by atoms with Crippen LogP contribution in [0.15, 0.2) is 28.8 Å². The number of ether oxygens (including phenoxy) is 1. The SMILES string of the molecule is Cc1ccccc1-c1nc(CN2CCCCC2C2CCCN2C(=O)OC(C)(C)C)no1. The molecule has 2 saturated heterocycles. The highest BCUT2D eigenvalue weighted by molar-refractivity contribution is 5.69. The fourth-order valence-corrected chi connectivity index (χ4v) is 4.81. The molecule has 2 atom stereocenters. The van der Waals surface area contributed by atoms with Crippen LogP contribution < -0.4 is 0 Å². The molecule has 3 heterocycles. The summed E-state index contributed by atoms with van der Waals surface area (Å²) < 4.78 is 11.3. The molecule has 0 radical (unpaired) electrons. The first-order valence-corrected chi connectivity index (χ1v) is 11.4. The zero-order valence-corrected chi connectivity index (χ0v) is 19.1. The minimum atomic E-state index is -0.479. The Morgan fingerprint density at radius 3 is 2.68 bits per heavy atom. The number of hydrogen-bond donors (Lipinski definition) is 0. The van der Waals surface area contributed by atoms with Gasteiger partial charge in [-0.25, -0.2) is 4.79 Å². The molecule has 0 bridgehead atoms. The summed E-state index contributed by atoms with van der Waals surface area (Å²) in [5, 5.41) is 4.26. The smallest absolute Gasteiger partial charge is 0.410 e. The number of nitrogens with zero attached hydrogens (tertiary/aromatic N) is 4. The highest BCUT2D eigenvalue weighted by Crippen LogP contribution is 2.31. The van der Waals surface area contributed by atoms with Crippen molar-refractivity contribution < 1.29 is 14.1 Å². The van der Waals surface area contributed by atoms with Crippen LogP contribution in [0.3, 0.4) is 0 Å². The second-order valence-electron chi connectivity index (χ2n) is 9.75. The largest absolute Gasteiger partial charge is 0.444 e. The highest BCUT2D eigenvalue weighted by Gasteiger charge is 2.40. The van der Waals surface area contributed by atoms with Gasteiger partial charge in [-0.3, -0.25) is 4.90 Å². The lowest BCUT2D eigenvalue weighted by molar-refractivity contribution is 0.00600. The van der Waals surface area contributed by atoms with Crippen LogP contribution in [-0.4, -0.2) is 56.8 Å². The van der Waals surface area contributed by atoms with Crippen LogP contribution in [-0.2, 0) is 11.3 Å². The van der Waals surface area contributed by atoms with Crippen LogP contribution in [0.2, 0.25) is 0 Å². The van der Waals surface area contributed by atoms with Crippen molar-refractivity contribution in [3.05, 3.63) is 35.7 Å². The predicted octanol–water partition coefficient (Wildman–Crippen LogP) is 4.80. The number of rotatable bonds is 4. The van der Waals surface area contributed by atoms with E-state index in [-0.39, 0.29) is 12.1 Å². The molecule has 2 aliphatic rings. The summed E-state index contributed by atoms with van der Waals surface area (Å²) in [7, 11) is 0. The third-order valence-corrected chi connectivity index (χ3v) is 6.22. The quantitative estimate of drug-likeness (QED) is 0.699. The van der Waals surface area contributed by atoms with Gasteiger partial charge in [-0.1, -0.05) is 29.8 Å². The number of hydrogen-bond acceptors (Lipinski definition) is 6. The van der Waals surface area contributed by atoms with Crippen molar-refractivity contribution in [1.29, 1.82) is 0 Å². The molecule has 1 aromatic heterocycles. The lowest BCUT2D eigenvalue weighted by atomic mass is 9.94. The van der Waals surface area contributed by atoms with E-state index in [1.165, 1.54) is 6.42 Å². The molecular formula is C24H34N4O3. The third-order valence-electron chi connectivity index (χ3n) is 6.22. The number of benzene rings is 1. The summed E-state index contributed by atoms with van der Waals surface area (Å²) in [6, 6.07) is 8.52. The van der Waals surface area contributed by atoms with Crippen LogP contribution in [0, 0.1) is 6.92 Å². The number of amides is 1. The predicted molar refractivity (Wildman–Crippen MR) is 118 cm³/mol. The van der Waals surface area contributed by atoms with E-state index in [1.807, 2.05) is 56.9 Å². The third kappa shape index (κ3) is 5.09. The summed E-state index contributed by atoms with van der Waals surface area (Å²) in [5.41, 5.74) is 1.61. The molecule has 7 heteroatoms. The minimum Gasteiger partial charge on any atom is -0.444 e. The Labute approximate surface area is 184 Å². The Morgan fingerprint density at radius 1 is 1.13 bits per heavy atom. The van der Waals surface area contributed by atoms with Crippen LogP contribution in [0.1, 0.15) is 64.3 Å². The van der Waals surface area contributed by atoms with Crippen molar-refractivity contribution in [2.75, 3.05) is 13.1 Å². The van der Waals surface area contributed by atoms with E-state index in [0.717, 1.165) is 49.9 Å². The van der Waals surface area contributed by atoms with Gasteiger partial charge < -0.3 is 14.2 Å². The standard InChI is InChI=1S/C24H34N4O3/c1-17-10-5-6-11-18(17)22-25-21(26-31-22)16-27-14-8-7-12-19(27)20-13-9-15-28(20)23(29)30-24(2,3)4/h5-6,10-11,19-20H,7-9,12-16H2,1-4H3. The van der Waals surface area contributed by atoms with Gasteiger partial charge in [0.2, 0.25) is 0 Å². The van der Waals surface area contributed by atoms with Crippen LogP contribution in [0.25, 0.3) is 11.5 Å². The maximum atomic E-state index is 12.8. The van der Waals surface area contributed by atoms with Crippen LogP contribution in [0.4, 0.5) is 4.79 Å². The minimum absolute atomic E-state index is 0.179. The molecule has 0 saturated carbocycles. The second-order valence-corrected chi connectivity index (χ2v) is 9.75. The molecule has 4 rings (SSSR count). The molecule has 168 valence electrons. The number of aryl methyl sites for hydroxylation is 1. The first-order valence-electron chi connectivity index (χ1n) is 11.4. The average molecular weight is 427 g/mol. The lowest BCUT2D eigenvalue weighted by Gasteiger charge is -2.41. The molecule has 1 aromatic carbocycles. The molecule has 0 spiro atoms. The van der Waals surface area contributed by atoms with Gasteiger partial charge in [-0.15, -0.1) is 0 Å². The maximum Gasteiger partial charge on any atom is 0.410 e. The second kappa shape index (κ2) is 8.99. The van der Waals surface area contributed by atoms with Crippen LogP contribution >= 0.6 is 0 Å². The van der Waals surface area contributed by atoms with Crippen molar-refractivity contribution in [2.45, 2.75) is 84.0 Å². The van der Waals surface area contributed by atoms with E-state index in [9.17, 15) is 4.79 Å². The molecular weight excluding hydrogens is 392 g/mol. The lowest BCUT2D eigenvalue weighted by Crippen LogP contribution is -2.53. The van der Waals surface area contributed by atoms with Crippen molar-refractivity contribution in [3.63, 3.8) is 0 Å². The van der Waals surface area contributed by atoms with Crippen molar-refractivity contribution in [1.82, 2.24) is 19.9 Å². The zero-order valence-electron chi connectivity index (χ0n) is 19.1. The molecule has 7 nitrogen and oxygen atoms in total. The van der Waals surface area contributed by atoms with Gasteiger partial charge >= 0.3 is 6.09 Å². The topological polar surface area (TPSA) is 71.7 Å². The van der Waals surface area contributed by atoms with Crippen LogP contribution in [0.5, 0.6) is 0 Å². The Bertz CT molecular complexity index is 904.